The molecule has 37 heavy (non-hydrogen) atoms. The van der Waals surface area contributed by atoms with Crippen LogP contribution in [0.5, 0.6) is 0 Å². The van der Waals surface area contributed by atoms with Crippen molar-refractivity contribution >= 4 is 11.8 Å². The fourth-order valence-electron chi connectivity index (χ4n) is 4.20. The van der Waals surface area contributed by atoms with Crippen LogP contribution in [0.2, 0.25) is 0 Å². The van der Waals surface area contributed by atoms with E-state index in [0.717, 1.165) is 22.3 Å². The van der Waals surface area contributed by atoms with Gasteiger partial charge in [-0.2, -0.15) is 0 Å². The second-order valence-corrected chi connectivity index (χ2v) is 8.62. The number of aromatic amines is 1. The first kappa shape index (κ1) is 25.7. The van der Waals surface area contributed by atoms with Crippen molar-refractivity contribution in [1.82, 2.24) is 26.2 Å². The third-order valence-electron chi connectivity index (χ3n) is 6.09. The number of rotatable bonds is 10. The topological polar surface area (TPSA) is 140 Å². The van der Waals surface area contributed by atoms with Gasteiger partial charge in [0, 0.05) is 18.2 Å². The zero-order valence-corrected chi connectivity index (χ0v) is 19.8. The van der Waals surface area contributed by atoms with Crippen molar-refractivity contribution in [2.45, 2.75) is 25.5 Å². The highest BCUT2D eigenvalue weighted by molar-refractivity contribution is 5.94. The van der Waals surface area contributed by atoms with Gasteiger partial charge in [-0.05, 0) is 58.9 Å². The number of hydrogen-bond acceptors (Lipinski definition) is 6. The van der Waals surface area contributed by atoms with E-state index in [1.54, 1.807) is 5.48 Å². The average molecular weight is 504 g/mol. The maximum atomic E-state index is 13.3. The summed E-state index contributed by atoms with van der Waals surface area (Å²) in [5, 5.41) is 31.8. The number of nitrogens with zero attached hydrogens (tertiary/aromatic N) is 2. The summed E-state index contributed by atoms with van der Waals surface area (Å²) in [5.41, 5.74) is 5.92. The maximum Gasteiger partial charge on any atom is 0.251 e. The Morgan fingerprint density at radius 3 is 2.38 bits per heavy atom. The molecule has 0 saturated carbocycles. The minimum atomic E-state index is -0.749. The Labute approximate surface area is 212 Å². The van der Waals surface area contributed by atoms with Crippen molar-refractivity contribution in [2.24, 2.45) is 5.92 Å². The van der Waals surface area contributed by atoms with Crippen molar-refractivity contribution < 1.29 is 24.3 Å². The molecule has 2 amide bonds. The number of hydrogen-bond donors (Lipinski definition) is 5. The van der Waals surface area contributed by atoms with Gasteiger partial charge in [0.2, 0.25) is 5.91 Å². The summed E-state index contributed by atoms with van der Waals surface area (Å²) in [4.78, 5) is 25.3. The number of aliphatic hydroxyl groups is 1. The molecule has 2 atom stereocenters. The molecule has 0 spiro atoms. The lowest BCUT2D eigenvalue weighted by Gasteiger charge is -2.26. The van der Waals surface area contributed by atoms with Gasteiger partial charge in [0.05, 0.1) is 12.6 Å². The number of halogens is 1. The van der Waals surface area contributed by atoms with E-state index >= 15 is 0 Å². The van der Waals surface area contributed by atoms with Gasteiger partial charge in [-0.3, -0.25) is 19.9 Å². The molecule has 1 heterocycles. The molecule has 3 aromatic carbocycles. The van der Waals surface area contributed by atoms with Gasteiger partial charge in [0.25, 0.3) is 5.91 Å². The first-order valence-electron chi connectivity index (χ1n) is 11.6. The molecule has 0 aliphatic carbocycles. The van der Waals surface area contributed by atoms with Crippen LogP contribution in [-0.4, -0.2) is 37.5 Å². The van der Waals surface area contributed by atoms with Crippen molar-refractivity contribution in [3.05, 3.63) is 107 Å². The zero-order chi connectivity index (χ0) is 26.2. The van der Waals surface area contributed by atoms with Crippen molar-refractivity contribution in [1.29, 1.82) is 0 Å². The maximum absolute atomic E-state index is 13.3. The highest BCUT2D eigenvalue weighted by Gasteiger charge is 2.30. The van der Waals surface area contributed by atoms with Crippen LogP contribution < -0.4 is 10.8 Å². The molecule has 0 aliphatic heterocycles. The van der Waals surface area contributed by atoms with E-state index in [2.05, 4.69) is 20.7 Å². The number of nitrogens with one attached hydrogen (secondary N) is 3. The molecule has 0 bridgehead atoms. The van der Waals surface area contributed by atoms with Crippen LogP contribution in [0.15, 0.2) is 79.0 Å². The van der Waals surface area contributed by atoms with Crippen LogP contribution in [0.1, 0.15) is 39.6 Å². The lowest BCUT2D eigenvalue weighted by Crippen LogP contribution is -2.37. The summed E-state index contributed by atoms with van der Waals surface area (Å²) < 4.78 is 13.3. The smallest absolute Gasteiger partial charge is 0.251 e. The summed E-state index contributed by atoms with van der Waals surface area (Å²) >= 11 is 0. The van der Waals surface area contributed by atoms with E-state index in [-0.39, 0.29) is 18.6 Å². The Bertz CT molecular complexity index is 1330. The van der Waals surface area contributed by atoms with Gasteiger partial charge < -0.3 is 10.4 Å². The number of aromatic nitrogens is 3. The Kier molecular flexibility index (Phi) is 8.34. The molecule has 0 aliphatic rings. The molecule has 5 N–H and O–H groups in total. The van der Waals surface area contributed by atoms with Gasteiger partial charge in [-0.25, -0.2) is 9.87 Å². The molecule has 4 aromatic rings. The summed E-state index contributed by atoms with van der Waals surface area (Å²) in [6.07, 6.45) is 1.77. The predicted octanol–water partition coefficient (Wildman–Crippen LogP) is 3.33. The number of benzene rings is 3. The van der Waals surface area contributed by atoms with E-state index < -0.39 is 29.6 Å². The Balaban J connectivity index is 1.63. The normalized spacial score (nSPS) is 12.5. The third kappa shape index (κ3) is 6.63. The lowest BCUT2D eigenvalue weighted by molar-refractivity contribution is -0.130. The summed E-state index contributed by atoms with van der Waals surface area (Å²) in [6.45, 7) is -0.0397. The molecule has 2 unspecified atom stereocenters. The van der Waals surface area contributed by atoms with Crippen molar-refractivity contribution in [3.63, 3.8) is 0 Å². The SMILES string of the molecule is O=C(CC(Cc1cccc(-c2ccc(CO)cc2)c1)C(NC(=O)c1ccc(F)cc1)c1c[nH]nn1)NO. The van der Waals surface area contributed by atoms with E-state index in [9.17, 15) is 24.3 Å². The van der Waals surface area contributed by atoms with Gasteiger partial charge >= 0.3 is 0 Å². The monoisotopic (exact) mass is 503 g/mol. The van der Waals surface area contributed by atoms with Crippen LogP contribution in [-0.2, 0) is 17.8 Å². The van der Waals surface area contributed by atoms with Crippen LogP contribution in [0.4, 0.5) is 4.39 Å². The van der Waals surface area contributed by atoms with Crippen LogP contribution in [0.3, 0.4) is 0 Å². The summed E-state index contributed by atoms with van der Waals surface area (Å²) in [7, 11) is 0. The molecular weight excluding hydrogens is 477 g/mol. The van der Waals surface area contributed by atoms with Gasteiger partial charge in [-0.1, -0.05) is 53.7 Å². The van der Waals surface area contributed by atoms with Gasteiger partial charge in [-0.15, -0.1) is 5.10 Å². The third-order valence-corrected chi connectivity index (χ3v) is 6.09. The predicted molar refractivity (Wildman–Crippen MR) is 133 cm³/mol. The second kappa shape index (κ2) is 12.0. The minimum absolute atomic E-state index is 0.0397. The number of H-pyrrole nitrogens is 1. The molecule has 9 nitrogen and oxygen atoms in total. The Morgan fingerprint density at radius 2 is 1.73 bits per heavy atom. The quantitative estimate of drug-likeness (QED) is 0.166. The first-order valence-corrected chi connectivity index (χ1v) is 11.6. The highest BCUT2D eigenvalue weighted by Crippen LogP contribution is 2.29. The summed E-state index contributed by atoms with van der Waals surface area (Å²) in [5.74, 6) is -2.08. The molecule has 1 aromatic heterocycles. The molecule has 0 fully saturated rings. The number of carbonyl (C=O) groups is 2. The molecule has 190 valence electrons. The highest BCUT2D eigenvalue weighted by atomic mass is 19.1. The van der Waals surface area contributed by atoms with Crippen molar-refractivity contribution in [2.75, 3.05) is 0 Å². The zero-order valence-electron chi connectivity index (χ0n) is 19.8. The second-order valence-electron chi connectivity index (χ2n) is 8.62. The molecule has 0 radical (unpaired) electrons. The minimum Gasteiger partial charge on any atom is -0.392 e. The van der Waals surface area contributed by atoms with Crippen LogP contribution >= 0.6 is 0 Å². The van der Waals surface area contributed by atoms with Crippen molar-refractivity contribution in [3.8, 4) is 11.1 Å². The molecule has 0 saturated heterocycles. The first-order chi connectivity index (χ1) is 18.0. The van der Waals surface area contributed by atoms with Gasteiger partial charge in [0.15, 0.2) is 0 Å². The number of amides is 2. The standard InChI is InChI=1S/C27H26FN5O4/c28-23-10-8-20(9-11-23)27(36)30-26(24-15-29-33-31-24)22(14-25(35)32-37)13-18-2-1-3-21(12-18)19-6-4-17(16-34)5-7-19/h1-12,15,22,26,34,37H,13-14,16H2,(H,30,36)(H,32,35)(H,29,31,33). The number of hydroxylamine groups is 1. The van der Waals surface area contributed by atoms with E-state index in [1.807, 2.05) is 48.5 Å². The lowest BCUT2D eigenvalue weighted by atomic mass is 9.86. The average Bonchev–Trinajstić information content (AvgIpc) is 3.46. The molecule has 4 rings (SSSR count). The Hall–Kier alpha value is -4.41. The number of carbonyl (C=O) groups excluding carboxylic acids is 2. The Morgan fingerprint density at radius 1 is 0.973 bits per heavy atom. The number of aliphatic hydroxyl groups excluding tert-OH is 1. The fraction of sp³-hybridized carbons (Fsp3) is 0.185. The van der Waals surface area contributed by atoms with Gasteiger partial charge in [0.1, 0.15) is 11.5 Å². The summed E-state index contributed by atoms with van der Waals surface area (Å²) in [6, 6.07) is 19.7. The molecular formula is C27H26FN5O4. The largest absolute Gasteiger partial charge is 0.392 e. The molecule has 10 heteroatoms. The van der Waals surface area contributed by atoms with Crippen LogP contribution in [0.25, 0.3) is 11.1 Å². The van der Waals surface area contributed by atoms with E-state index in [4.69, 9.17) is 0 Å². The van der Waals surface area contributed by atoms with E-state index in [0.29, 0.717) is 12.1 Å². The fourth-order valence-corrected chi connectivity index (χ4v) is 4.20. The van der Waals surface area contributed by atoms with Crippen LogP contribution in [0, 0.1) is 11.7 Å². The van der Waals surface area contributed by atoms with E-state index in [1.165, 1.54) is 30.5 Å².